The molecule has 0 aliphatic carbocycles. The number of amides is 4. The molecule has 220 valence electrons. The minimum atomic E-state index is -2.36. The Morgan fingerprint density at radius 2 is 1.85 bits per heavy atom. The highest BCUT2D eigenvalue weighted by atomic mass is 35.5. The summed E-state index contributed by atoms with van der Waals surface area (Å²) < 4.78 is 30.5. The smallest absolute Gasteiger partial charge is 0.410 e. The van der Waals surface area contributed by atoms with Gasteiger partial charge in [0, 0.05) is 31.4 Å². The molecule has 2 unspecified atom stereocenters. The first-order chi connectivity index (χ1) is 19.4. The fourth-order valence-electron chi connectivity index (χ4n) is 4.29. The molecule has 14 heteroatoms. The summed E-state index contributed by atoms with van der Waals surface area (Å²) in [6.07, 6.45) is 0.0388. The number of carbonyl (C=O) groups is 3. The van der Waals surface area contributed by atoms with E-state index in [1.54, 1.807) is 41.3 Å². The van der Waals surface area contributed by atoms with Crippen LogP contribution in [0.5, 0.6) is 0 Å². The van der Waals surface area contributed by atoms with Crippen LogP contribution in [0.25, 0.3) is 10.2 Å². The van der Waals surface area contributed by atoms with Gasteiger partial charge in [0.2, 0.25) is 0 Å². The predicted molar refractivity (Wildman–Crippen MR) is 158 cm³/mol. The van der Waals surface area contributed by atoms with Crippen molar-refractivity contribution in [3.8, 4) is 0 Å². The number of anilines is 1. The zero-order chi connectivity index (χ0) is 29.7. The molecule has 4 amide bonds. The molecule has 3 aromatic rings. The van der Waals surface area contributed by atoms with Gasteiger partial charge >= 0.3 is 12.1 Å². The number of rotatable bonds is 7. The van der Waals surface area contributed by atoms with Crippen molar-refractivity contribution in [2.24, 2.45) is 0 Å². The summed E-state index contributed by atoms with van der Waals surface area (Å²) in [5, 5.41) is 4.50. The first kappa shape index (κ1) is 30.8. The van der Waals surface area contributed by atoms with E-state index in [0.717, 1.165) is 0 Å². The lowest BCUT2D eigenvalue weighted by Gasteiger charge is -2.36. The number of carbonyl (C=O) groups excluding carboxylic acids is 3. The third kappa shape index (κ3) is 8.46. The molecular weight excluding hydrogens is 590 g/mol. The van der Waals surface area contributed by atoms with Crippen molar-refractivity contribution >= 4 is 67.4 Å². The third-order valence-corrected chi connectivity index (χ3v) is 8.55. The van der Waals surface area contributed by atoms with Crippen LogP contribution in [0.3, 0.4) is 0 Å². The van der Waals surface area contributed by atoms with E-state index in [1.165, 1.54) is 17.4 Å². The van der Waals surface area contributed by atoms with E-state index in [9.17, 15) is 23.1 Å². The van der Waals surface area contributed by atoms with Crippen molar-refractivity contribution < 1.29 is 27.9 Å². The number of hydrogen-bond acceptors (Lipinski definition) is 9. The van der Waals surface area contributed by atoms with Gasteiger partial charge in [0.1, 0.15) is 5.60 Å². The maximum absolute atomic E-state index is 12.4. The molecule has 0 saturated carbocycles. The maximum atomic E-state index is 12.4. The van der Waals surface area contributed by atoms with E-state index in [2.05, 4.69) is 20.5 Å². The Hall–Kier alpha value is -3.10. The fraction of sp³-hybridized carbons (Fsp3) is 0.407. The van der Waals surface area contributed by atoms with Crippen molar-refractivity contribution in [1.82, 2.24) is 20.1 Å². The molecule has 1 aliphatic rings. The van der Waals surface area contributed by atoms with Crippen LogP contribution < -0.4 is 10.6 Å². The first-order valence-electron chi connectivity index (χ1n) is 13.0. The van der Waals surface area contributed by atoms with E-state index in [4.69, 9.17) is 16.3 Å². The Morgan fingerprint density at radius 3 is 2.51 bits per heavy atom. The number of aromatic nitrogens is 1. The van der Waals surface area contributed by atoms with Crippen molar-refractivity contribution in [2.75, 3.05) is 38.0 Å². The Bertz CT molecular complexity index is 1450. The summed E-state index contributed by atoms with van der Waals surface area (Å²) in [6, 6.07) is 10.8. The molecule has 2 heterocycles. The lowest BCUT2D eigenvalue weighted by Crippen LogP contribution is -2.50. The van der Waals surface area contributed by atoms with Crippen molar-refractivity contribution in [3.63, 3.8) is 0 Å². The van der Waals surface area contributed by atoms with E-state index in [-0.39, 0.29) is 21.8 Å². The number of hydrogen-bond donors (Lipinski definition) is 2. The highest BCUT2D eigenvalue weighted by molar-refractivity contribution is 7.79. The number of piperazine rings is 1. The van der Waals surface area contributed by atoms with Crippen molar-refractivity contribution in [3.05, 3.63) is 58.6 Å². The number of ether oxygens (including phenoxy) is 1. The molecule has 41 heavy (non-hydrogen) atoms. The van der Waals surface area contributed by atoms with Crippen LogP contribution in [0, 0.1) is 0 Å². The van der Waals surface area contributed by atoms with E-state index >= 15 is 0 Å². The topological polar surface area (TPSA) is 144 Å². The van der Waals surface area contributed by atoms with E-state index in [1.807, 2.05) is 20.8 Å². The Labute approximate surface area is 249 Å². The highest BCUT2D eigenvalue weighted by Crippen LogP contribution is 2.31. The number of nitrogens with one attached hydrogen (secondary N) is 2. The van der Waals surface area contributed by atoms with Crippen LogP contribution in [-0.4, -0.2) is 79.9 Å². The largest absolute Gasteiger partial charge is 0.772 e. The molecule has 2 aromatic carbocycles. The molecule has 1 saturated heterocycles. The Balaban J connectivity index is 1.34. The van der Waals surface area contributed by atoms with Gasteiger partial charge in [0.15, 0.2) is 5.13 Å². The van der Waals surface area contributed by atoms with Crippen LogP contribution in [0.4, 0.5) is 14.7 Å². The Morgan fingerprint density at radius 1 is 1.15 bits per heavy atom. The first-order valence-corrected chi connectivity index (χ1v) is 15.3. The van der Waals surface area contributed by atoms with Gasteiger partial charge in [0.05, 0.1) is 20.8 Å². The molecular formula is C27H31ClN5O6S2-. The highest BCUT2D eigenvalue weighted by Gasteiger charge is 2.26. The van der Waals surface area contributed by atoms with Gasteiger partial charge < -0.3 is 14.2 Å². The van der Waals surface area contributed by atoms with Gasteiger partial charge in [-0.1, -0.05) is 41.1 Å². The van der Waals surface area contributed by atoms with Gasteiger partial charge in [0.25, 0.3) is 5.91 Å². The molecule has 0 bridgehead atoms. The lowest BCUT2D eigenvalue weighted by molar-refractivity contribution is 0.0144. The fourth-order valence-corrected chi connectivity index (χ4v) is 6.09. The van der Waals surface area contributed by atoms with Gasteiger partial charge in [-0.05, 0) is 74.6 Å². The number of fused-ring (bicyclic) bond motifs is 1. The lowest BCUT2D eigenvalue weighted by atomic mass is 10.1. The SMILES string of the molecule is CC(C)(C)OC(=O)N1CCN(CCC(c2ccc3nc(NC(=O)NC(=O)c4ccccc4Cl)sc3c2)S(=O)[O-])CC1. The van der Waals surface area contributed by atoms with Crippen LogP contribution >= 0.6 is 22.9 Å². The van der Waals surface area contributed by atoms with E-state index in [0.29, 0.717) is 54.9 Å². The zero-order valence-electron chi connectivity index (χ0n) is 22.8. The molecule has 1 aromatic heterocycles. The minimum Gasteiger partial charge on any atom is -0.772 e. The molecule has 2 N–H and O–H groups in total. The maximum Gasteiger partial charge on any atom is 0.410 e. The zero-order valence-corrected chi connectivity index (χ0v) is 25.2. The normalized spacial score (nSPS) is 15.8. The summed E-state index contributed by atoms with van der Waals surface area (Å²) in [4.78, 5) is 45.2. The van der Waals surface area contributed by atoms with Gasteiger partial charge in [-0.25, -0.2) is 14.6 Å². The van der Waals surface area contributed by atoms with Crippen molar-refractivity contribution in [1.29, 1.82) is 0 Å². The summed E-state index contributed by atoms with van der Waals surface area (Å²) in [5.41, 5.74) is 0.810. The van der Waals surface area contributed by atoms with Gasteiger partial charge in [-0.2, -0.15) is 0 Å². The van der Waals surface area contributed by atoms with Crippen molar-refractivity contribution in [2.45, 2.75) is 38.0 Å². The number of benzene rings is 2. The van der Waals surface area contributed by atoms with Gasteiger partial charge in [-0.15, -0.1) is 0 Å². The summed E-state index contributed by atoms with van der Waals surface area (Å²) >= 11 is 4.82. The molecule has 11 nitrogen and oxygen atoms in total. The standard InChI is InChI=1S/C27H32ClN5O6S2/c1-27(2,3)39-26(36)33-14-12-32(13-15-33)11-10-22(41(37)38)17-8-9-20-21(16-17)40-25(29-20)31-24(35)30-23(34)18-6-4-5-7-19(18)28/h4-9,16,22H,10-15H2,1-3H3,(H,37,38)(H2,29,30,31,34,35)/p-1. The third-order valence-electron chi connectivity index (χ3n) is 6.31. The summed E-state index contributed by atoms with van der Waals surface area (Å²) in [6.45, 7) is 8.31. The Kier molecular flexibility index (Phi) is 9.97. The van der Waals surface area contributed by atoms with Crippen LogP contribution in [0.15, 0.2) is 42.5 Å². The second kappa shape index (κ2) is 13.3. The monoisotopic (exact) mass is 620 g/mol. The quantitative estimate of drug-likeness (QED) is 0.359. The molecule has 4 rings (SSSR count). The number of thiazole rings is 1. The molecule has 1 aliphatic heterocycles. The molecule has 1 fully saturated rings. The van der Waals surface area contributed by atoms with Crippen LogP contribution in [0.2, 0.25) is 5.02 Å². The van der Waals surface area contributed by atoms with Crippen LogP contribution in [-0.2, 0) is 15.8 Å². The summed E-state index contributed by atoms with van der Waals surface area (Å²) in [5.74, 6) is -0.650. The molecule has 0 spiro atoms. The average molecular weight is 621 g/mol. The van der Waals surface area contributed by atoms with Gasteiger partial charge in [-0.3, -0.25) is 24.5 Å². The number of urea groups is 1. The number of imide groups is 1. The predicted octanol–water partition coefficient (Wildman–Crippen LogP) is 4.77. The number of halogens is 1. The van der Waals surface area contributed by atoms with E-state index < -0.39 is 33.9 Å². The molecule has 0 radical (unpaired) electrons. The second-order valence-electron chi connectivity index (χ2n) is 10.5. The summed E-state index contributed by atoms with van der Waals surface area (Å²) in [7, 11) is 0. The number of nitrogens with zero attached hydrogens (tertiary/aromatic N) is 3. The second-order valence-corrected chi connectivity index (χ2v) is 13.0. The molecule has 2 atom stereocenters. The minimum absolute atomic E-state index is 0.167. The van der Waals surface area contributed by atoms with Crippen LogP contribution in [0.1, 0.15) is 48.4 Å². The average Bonchev–Trinajstić information content (AvgIpc) is 3.29.